The molecular weight excluding hydrogens is 300 g/mol. The van der Waals surface area contributed by atoms with Gasteiger partial charge in [0.25, 0.3) is 5.97 Å². The minimum atomic E-state index is -0.833. The Labute approximate surface area is 135 Å². The van der Waals surface area contributed by atoms with E-state index in [1.807, 2.05) is 13.0 Å². The largest absolute Gasteiger partial charge is 0.497 e. The van der Waals surface area contributed by atoms with Gasteiger partial charge >= 0.3 is 0 Å². The number of allylic oxidation sites excluding steroid dienone is 2. The van der Waals surface area contributed by atoms with Crippen molar-refractivity contribution in [1.29, 1.82) is 5.41 Å². The number of hydrogen-bond donors (Lipinski definition) is 3. The van der Waals surface area contributed by atoms with Gasteiger partial charge in [0.15, 0.2) is 5.17 Å². The SMILES string of the molecule is CC(=O)O.COc1ccc2c(c1)CCC/C2=C(\C)SC(=N)N. The van der Waals surface area contributed by atoms with Crippen LogP contribution in [-0.4, -0.2) is 23.4 Å². The number of aryl methyl sites for hydroxylation is 1. The van der Waals surface area contributed by atoms with Crippen molar-refractivity contribution in [1.82, 2.24) is 0 Å². The second kappa shape index (κ2) is 8.48. The molecule has 0 spiro atoms. The molecule has 0 saturated heterocycles. The highest BCUT2D eigenvalue weighted by molar-refractivity contribution is 8.17. The predicted octanol–water partition coefficient (Wildman–Crippen LogP) is 3.48. The number of carboxylic acid groups (broad SMARTS) is 1. The van der Waals surface area contributed by atoms with Crippen LogP contribution in [0.3, 0.4) is 0 Å². The maximum Gasteiger partial charge on any atom is 0.300 e. The summed E-state index contributed by atoms with van der Waals surface area (Å²) in [6.07, 6.45) is 3.30. The van der Waals surface area contributed by atoms with Crippen LogP contribution >= 0.6 is 11.8 Å². The Morgan fingerprint density at radius 2 is 2.00 bits per heavy atom. The predicted molar refractivity (Wildman–Crippen MR) is 91.3 cm³/mol. The average Bonchev–Trinajstić information content (AvgIpc) is 2.44. The summed E-state index contributed by atoms with van der Waals surface area (Å²) in [5.74, 6) is 0.0758. The first-order chi connectivity index (χ1) is 10.3. The van der Waals surface area contributed by atoms with Gasteiger partial charge in [0.1, 0.15) is 5.75 Å². The maximum absolute atomic E-state index is 9.00. The first-order valence-electron chi connectivity index (χ1n) is 6.93. The molecule has 2 rings (SSSR count). The lowest BCUT2D eigenvalue weighted by Gasteiger charge is -2.21. The van der Waals surface area contributed by atoms with Crippen molar-refractivity contribution in [3.05, 3.63) is 34.2 Å². The molecule has 5 nitrogen and oxygen atoms in total. The number of aliphatic carboxylic acids is 1. The molecule has 4 N–H and O–H groups in total. The zero-order valence-electron chi connectivity index (χ0n) is 13.1. The monoisotopic (exact) mass is 322 g/mol. The fourth-order valence-electron chi connectivity index (χ4n) is 2.38. The van der Waals surface area contributed by atoms with Crippen LogP contribution in [-0.2, 0) is 11.2 Å². The molecule has 0 unspecified atom stereocenters. The number of carboxylic acids is 1. The van der Waals surface area contributed by atoms with Gasteiger partial charge in [-0.05, 0) is 59.9 Å². The highest BCUT2D eigenvalue weighted by atomic mass is 32.2. The topological polar surface area (TPSA) is 96.4 Å². The number of carbonyl (C=O) groups is 1. The number of methoxy groups -OCH3 is 1. The van der Waals surface area contributed by atoms with Crippen molar-refractivity contribution >= 4 is 28.5 Å². The van der Waals surface area contributed by atoms with E-state index in [0.717, 1.165) is 36.8 Å². The molecule has 1 aliphatic carbocycles. The highest BCUT2D eigenvalue weighted by Gasteiger charge is 2.17. The molecule has 1 aromatic rings. The molecule has 0 saturated carbocycles. The molecule has 0 radical (unpaired) electrons. The molecule has 1 aliphatic rings. The molecule has 0 aromatic heterocycles. The number of rotatable bonds is 2. The number of nitrogens with one attached hydrogen (secondary N) is 1. The lowest BCUT2D eigenvalue weighted by Crippen LogP contribution is -2.07. The number of fused-ring (bicyclic) bond motifs is 1. The van der Waals surface area contributed by atoms with E-state index in [0.29, 0.717) is 0 Å². The minimum Gasteiger partial charge on any atom is -0.497 e. The van der Waals surface area contributed by atoms with Crippen LogP contribution in [0.5, 0.6) is 5.75 Å². The van der Waals surface area contributed by atoms with E-state index < -0.39 is 5.97 Å². The molecule has 0 atom stereocenters. The van der Waals surface area contributed by atoms with E-state index in [4.69, 9.17) is 25.8 Å². The van der Waals surface area contributed by atoms with Crippen LogP contribution in [0.15, 0.2) is 23.1 Å². The van der Waals surface area contributed by atoms with Crippen molar-refractivity contribution in [2.24, 2.45) is 5.73 Å². The van der Waals surface area contributed by atoms with Crippen molar-refractivity contribution in [3.63, 3.8) is 0 Å². The van der Waals surface area contributed by atoms with E-state index in [1.165, 1.54) is 28.5 Å². The Morgan fingerprint density at radius 1 is 1.36 bits per heavy atom. The number of nitrogens with two attached hydrogens (primary N) is 1. The van der Waals surface area contributed by atoms with Gasteiger partial charge in [-0.15, -0.1) is 0 Å². The van der Waals surface area contributed by atoms with E-state index in [1.54, 1.807) is 7.11 Å². The molecule has 120 valence electrons. The maximum atomic E-state index is 9.00. The van der Waals surface area contributed by atoms with Crippen LogP contribution < -0.4 is 10.5 Å². The van der Waals surface area contributed by atoms with Crippen LogP contribution in [0.4, 0.5) is 0 Å². The van der Waals surface area contributed by atoms with Gasteiger partial charge in [-0.2, -0.15) is 0 Å². The molecule has 1 aromatic carbocycles. The van der Waals surface area contributed by atoms with E-state index in [9.17, 15) is 0 Å². The summed E-state index contributed by atoms with van der Waals surface area (Å²) in [4.78, 5) is 10.1. The average molecular weight is 322 g/mol. The third kappa shape index (κ3) is 5.44. The summed E-state index contributed by atoms with van der Waals surface area (Å²) >= 11 is 1.34. The van der Waals surface area contributed by atoms with Crippen molar-refractivity contribution < 1.29 is 14.6 Å². The van der Waals surface area contributed by atoms with Crippen molar-refractivity contribution in [2.75, 3.05) is 7.11 Å². The van der Waals surface area contributed by atoms with E-state index in [-0.39, 0.29) is 5.17 Å². The molecule has 6 heteroatoms. The quantitative estimate of drug-likeness (QED) is 0.572. The first-order valence-corrected chi connectivity index (χ1v) is 7.75. The lowest BCUT2D eigenvalue weighted by molar-refractivity contribution is -0.134. The van der Waals surface area contributed by atoms with Gasteiger partial charge < -0.3 is 15.6 Å². The van der Waals surface area contributed by atoms with Gasteiger partial charge in [-0.3, -0.25) is 10.2 Å². The Kier molecular flexibility index (Phi) is 6.98. The number of ether oxygens (including phenoxy) is 1. The minimum absolute atomic E-state index is 0.153. The standard InChI is InChI=1S/C14H18N2OS.C2H4O2/c1-9(18-14(15)16)12-5-3-4-10-8-11(17-2)6-7-13(10)12;1-2(3)4/h6-8H,3-5H2,1-2H3,(H3,15,16);1H3,(H,3,4)/b12-9-;. The van der Waals surface area contributed by atoms with Crippen LogP contribution in [0, 0.1) is 5.41 Å². The normalized spacial score (nSPS) is 15.0. The van der Waals surface area contributed by atoms with Crippen LogP contribution in [0.25, 0.3) is 5.57 Å². The summed E-state index contributed by atoms with van der Waals surface area (Å²) in [6, 6.07) is 6.23. The fourth-order valence-corrected chi connectivity index (χ4v) is 3.05. The summed E-state index contributed by atoms with van der Waals surface area (Å²) in [6.45, 7) is 3.13. The molecule has 0 aliphatic heterocycles. The summed E-state index contributed by atoms with van der Waals surface area (Å²) in [7, 11) is 1.69. The fraction of sp³-hybridized carbons (Fsp3) is 0.375. The number of benzene rings is 1. The molecule has 22 heavy (non-hydrogen) atoms. The van der Waals surface area contributed by atoms with Crippen LogP contribution in [0.1, 0.15) is 37.8 Å². The summed E-state index contributed by atoms with van der Waals surface area (Å²) in [5.41, 5.74) is 9.39. The Morgan fingerprint density at radius 3 is 2.55 bits per heavy atom. The van der Waals surface area contributed by atoms with Crippen LogP contribution in [0.2, 0.25) is 0 Å². The number of thioether (sulfide) groups is 1. The Balaban J connectivity index is 0.000000541. The van der Waals surface area contributed by atoms with Gasteiger partial charge in [0.05, 0.1) is 7.11 Å². The second-order valence-electron chi connectivity index (χ2n) is 4.90. The summed E-state index contributed by atoms with van der Waals surface area (Å²) in [5, 5.41) is 14.9. The van der Waals surface area contributed by atoms with E-state index >= 15 is 0 Å². The third-order valence-electron chi connectivity index (χ3n) is 3.20. The van der Waals surface area contributed by atoms with Gasteiger partial charge in [0, 0.05) is 6.92 Å². The van der Waals surface area contributed by atoms with Gasteiger partial charge in [-0.25, -0.2) is 0 Å². The lowest BCUT2D eigenvalue weighted by atomic mass is 9.87. The molecule has 0 amide bonds. The number of amidine groups is 1. The van der Waals surface area contributed by atoms with Crippen molar-refractivity contribution in [2.45, 2.75) is 33.1 Å². The molecule has 0 heterocycles. The Hall–Kier alpha value is -1.95. The molecular formula is C16H22N2O3S. The molecule has 0 fully saturated rings. The number of hydrogen-bond acceptors (Lipinski definition) is 4. The van der Waals surface area contributed by atoms with Gasteiger partial charge in [0.2, 0.25) is 0 Å². The van der Waals surface area contributed by atoms with Crippen molar-refractivity contribution in [3.8, 4) is 5.75 Å². The zero-order chi connectivity index (χ0) is 16.7. The second-order valence-corrected chi connectivity index (χ2v) is 6.15. The Bertz CT molecular complexity index is 593. The van der Waals surface area contributed by atoms with Gasteiger partial charge in [-0.1, -0.05) is 17.8 Å². The molecule has 0 bridgehead atoms. The highest BCUT2D eigenvalue weighted by Crippen LogP contribution is 2.37. The zero-order valence-corrected chi connectivity index (χ0v) is 13.9. The smallest absolute Gasteiger partial charge is 0.300 e. The summed E-state index contributed by atoms with van der Waals surface area (Å²) < 4.78 is 5.27. The third-order valence-corrected chi connectivity index (χ3v) is 3.97. The van der Waals surface area contributed by atoms with E-state index in [2.05, 4.69) is 12.1 Å². The first kappa shape index (κ1) is 18.1.